The van der Waals surface area contributed by atoms with Crippen molar-refractivity contribution in [2.45, 2.75) is 348 Å². The van der Waals surface area contributed by atoms with E-state index in [0.29, 0.717) is 19.3 Å². The van der Waals surface area contributed by atoms with Crippen LogP contribution in [-0.4, -0.2) is 37.2 Å². The molecule has 1 atom stereocenters. The number of unbranched alkanes of at least 4 members (excludes halogenated alkanes) is 41. The second kappa shape index (κ2) is 60.2. The highest BCUT2D eigenvalue weighted by Gasteiger charge is 2.19. The van der Waals surface area contributed by atoms with Gasteiger partial charge in [0.15, 0.2) is 6.10 Å². The predicted molar refractivity (Wildman–Crippen MR) is 307 cm³/mol. The van der Waals surface area contributed by atoms with Crippen molar-refractivity contribution in [2.24, 2.45) is 0 Å². The molecule has 0 spiro atoms. The number of ether oxygens (including phenoxy) is 3. The molecule has 0 aliphatic carbocycles. The SMILES string of the molecule is CCCCC/C=C\C/C=C\C/C=C\CCCCCCCCC(=O)OC[C@@H](COC(=O)CCCCCCCCCCCCCCCCC)OC(=O)CCCCCCCCCCCCCCCCCCCCC. The zero-order valence-corrected chi connectivity index (χ0v) is 47.8. The molecule has 0 heterocycles. The van der Waals surface area contributed by atoms with Crippen LogP contribution in [0.3, 0.4) is 0 Å². The summed E-state index contributed by atoms with van der Waals surface area (Å²) in [7, 11) is 0. The Hall–Kier alpha value is -2.37. The van der Waals surface area contributed by atoms with E-state index in [1.807, 2.05) is 0 Å². The molecule has 0 aromatic heterocycles. The highest BCUT2D eigenvalue weighted by molar-refractivity contribution is 5.71. The summed E-state index contributed by atoms with van der Waals surface area (Å²) in [4.78, 5) is 38.3. The van der Waals surface area contributed by atoms with Crippen LogP contribution >= 0.6 is 0 Å². The average Bonchev–Trinajstić information content (AvgIpc) is 3.37. The lowest BCUT2D eigenvalue weighted by Crippen LogP contribution is -2.30. The van der Waals surface area contributed by atoms with Gasteiger partial charge >= 0.3 is 17.9 Å². The van der Waals surface area contributed by atoms with Crippen molar-refractivity contribution < 1.29 is 28.6 Å². The molecule has 71 heavy (non-hydrogen) atoms. The minimum Gasteiger partial charge on any atom is -0.462 e. The molecular formula is C65H120O6. The number of rotatable bonds is 58. The first kappa shape index (κ1) is 68.6. The summed E-state index contributed by atoms with van der Waals surface area (Å²) >= 11 is 0. The van der Waals surface area contributed by atoms with Gasteiger partial charge in [0, 0.05) is 19.3 Å². The van der Waals surface area contributed by atoms with Gasteiger partial charge in [-0.2, -0.15) is 0 Å². The molecule has 0 N–H and O–H groups in total. The van der Waals surface area contributed by atoms with Crippen LogP contribution in [-0.2, 0) is 28.6 Å². The van der Waals surface area contributed by atoms with Crippen LogP contribution in [0.5, 0.6) is 0 Å². The molecule has 0 saturated heterocycles. The Kier molecular flexibility index (Phi) is 58.2. The van der Waals surface area contributed by atoms with Crippen molar-refractivity contribution in [2.75, 3.05) is 13.2 Å². The van der Waals surface area contributed by atoms with Gasteiger partial charge in [-0.15, -0.1) is 0 Å². The molecule has 0 aromatic rings. The van der Waals surface area contributed by atoms with E-state index < -0.39 is 6.10 Å². The third-order valence-electron chi connectivity index (χ3n) is 14.1. The highest BCUT2D eigenvalue weighted by Crippen LogP contribution is 2.17. The van der Waals surface area contributed by atoms with Gasteiger partial charge in [0.25, 0.3) is 0 Å². The zero-order chi connectivity index (χ0) is 51.4. The number of esters is 3. The second-order valence-corrected chi connectivity index (χ2v) is 21.3. The van der Waals surface area contributed by atoms with E-state index in [0.717, 1.165) is 77.0 Å². The average molecular weight is 998 g/mol. The minimum atomic E-state index is -0.774. The van der Waals surface area contributed by atoms with Gasteiger partial charge in [-0.1, -0.05) is 301 Å². The number of carbonyl (C=O) groups is 3. The van der Waals surface area contributed by atoms with Crippen molar-refractivity contribution in [1.29, 1.82) is 0 Å². The number of carbonyl (C=O) groups excluding carboxylic acids is 3. The summed E-state index contributed by atoms with van der Waals surface area (Å²) in [6.45, 7) is 6.66. The fourth-order valence-electron chi connectivity index (χ4n) is 9.39. The Balaban J connectivity index is 4.34. The van der Waals surface area contributed by atoms with Gasteiger partial charge in [0.1, 0.15) is 13.2 Å². The molecule has 0 saturated carbocycles. The van der Waals surface area contributed by atoms with E-state index in [4.69, 9.17) is 14.2 Å². The molecule has 0 bridgehead atoms. The molecule has 6 nitrogen and oxygen atoms in total. The van der Waals surface area contributed by atoms with Crippen LogP contribution < -0.4 is 0 Å². The maximum atomic E-state index is 12.9. The summed E-state index contributed by atoms with van der Waals surface area (Å²) in [6.07, 6.45) is 72.8. The largest absolute Gasteiger partial charge is 0.462 e. The molecule has 416 valence electrons. The van der Waals surface area contributed by atoms with Crippen LogP contribution in [0, 0.1) is 0 Å². The Bertz CT molecular complexity index is 1190. The van der Waals surface area contributed by atoms with Crippen molar-refractivity contribution in [3.05, 3.63) is 36.5 Å². The lowest BCUT2D eigenvalue weighted by molar-refractivity contribution is -0.167. The topological polar surface area (TPSA) is 78.9 Å². The first-order valence-electron chi connectivity index (χ1n) is 31.5. The van der Waals surface area contributed by atoms with Crippen molar-refractivity contribution in [3.63, 3.8) is 0 Å². The molecule has 0 rings (SSSR count). The maximum Gasteiger partial charge on any atom is 0.306 e. The number of allylic oxidation sites excluding steroid dienone is 6. The normalized spacial score (nSPS) is 12.2. The molecule has 0 fully saturated rings. The van der Waals surface area contributed by atoms with Crippen molar-refractivity contribution in [3.8, 4) is 0 Å². The summed E-state index contributed by atoms with van der Waals surface area (Å²) in [6, 6.07) is 0. The molecule has 0 radical (unpaired) electrons. The molecule has 0 aliphatic heterocycles. The highest BCUT2D eigenvalue weighted by atomic mass is 16.6. The first-order valence-corrected chi connectivity index (χ1v) is 31.5. The van der Waals surface area contributed by atoms with Crippen molar-refractivity contribution >= 4 is 17.9 Å². The smallest absolute Gasteiger partial charge is 0.306 e. The lowest BCUT2D eigenvalue weighted by Gasteiger charge is -2.18. The van der Waals surface area contributed by atoms with Gasteiger partial charge in [0.05, 0.1) is 0 Å². The molecular weight excluding hydrogens is 877 g/mol. The van der Waals surface area contributed by atoms with Gasteiger partial charge in [-0.25, -0.2) is 0 Å². The van der Waals surface area contributed by atoms with E-state index in [-0.39, 0.29) is 31.1 Å². The third-order valence-corrected chi connectivity index (χ3v) is 14.1. The minimum absolute atomic E-state index is 0.0709. The first-order chi connectivity index (χ1) is 35.0. The fraction of sp³-hybridized carbons (Fsp3) is 0.862. The molecule has 0 unspecified atom stereocenters. The zero-order valence-electron chi connectivity index (χ0n) is 47.8. The summed E-state index contributed by atoms with van der Waals surface area (Å²) in [5.74, 6) is -0.859. The van der Waals surface area contributed by atoms with E-state index in [1.54, 1.807) is 0 Å². The second-order valence-electron chi connectivity index (χ2n) is 21.3. The monoisotopic (exact) mass is 997 g/mol. The van der Waals surface area contributed by atoms with E-state index >= 15 is 0 Å². The maximum absolute atomic E-state index is 12.9. The molecule has 0 amide bonds. The number of hydrogen-bond acceptors (Lipinski definition) is 6. The van der Waals surface area contributed by atoms with Gasteiger partial charge in [-0.3, -0.25) is 14.4 Å². The Morgan fingerprint density at radius 1 is 0.282 bits per heavy atom. The molecule has 0 aromatic carbocycles. The predicted octanol–water partition coefficient (Wildman–Crippen LogP) is 21.2. The van der Waals surface area contributed by atoms with E-state index in [1.165, 1.54) is 225 Å². The van der Waals surface area contributed by atoms with Gasteiger partial charge < -0.3 is 14.2 Å². The van der Waals surface area contributed by atoms with Crippen LogP contribution in [0.2, 0.25) is 0 Å². The summed E-state index contributed by atoms with van der Waals surface area (Å²) in [5, 5.41) is 0. The third kappa shape index (κ3) is 58.4. The fourth-order valence-corrected chi connectivity index (χ4v) is 9.39. The van der Waals surface area contributed by atoms with Gasteiger partial charge in [0.2, 0.25) is 0 Å². The van der Waals surface area contributed by atoms with Crippen LogP contribution in [0.25, 0.3) is 0 Å². The standard InChI is InChI=1S/C65H120O6/c1-4-7-10-13-16-19-22-25-28-30-32-34-37-40-43-46-49-52-55-58-64(67)70-61-62(60-69-63(66)57-54-51-48-45-42-39-36-27-24-21-18-15-12-9-6-3)71-65(68)59-56-53-50-47-44-41-38-35-33-31-29-26-23-20-17-14-11-8-5-2/h16,19,25,28,32,34,62H,4-15,17-18,20-24,26-27,29-31,33,35-61H2,1-3H3/b19-16-,28-25-,34-32-/t62-/m1/s1. The van der Waals surface area contributed by atoms with Crippen molar-refractivity contribution in [1.82, 2.24) is 0 Å². The molecule has 0 aliphatic rings. The number of hydrogen-bond donors (Lipinski definition) is 0. The molecule has 6 heteroatoms. The van der Waals surface area contributed by atoms with Crippen LogP contribution in [0.15, 0.2) is 36.5 Å². The van der Waals surface area contributed by atoms with Crippen LogP contribution in [0.4, 0.5) is 0 Å². The van der Waals surface area contributed by atoms with E-state index in [9.17, 15) is 14.4 Å². The Morgan fingerprint density at radius 2 is 0.507 bits per heavy atom. The Labute approximate surface area is 442 Å². The summed E-state index contributed by atoms with van der Waals surface area (Å²) < 4.78 is 16.9. The van der Waals surface area contributed by atoms with Gasteiger partial charge in [-0.05, 0) is 57.8 Å². The van der Waals surface area contributed by atoms with Crippen LogP contribution in [0.1, 0.15) is 342 Å². The lowest BCUT2D eigenvalue weighted by atomic mass is 10.0. The van der Waals surface area contributed by atoms with E-state index in [2.05, 4.69) is 57.2 Å². The quantitative estimate of drug-likeness (QED) is 0.0261. The summed E-state index contributed by atoms with van der Waals surface area (Å²) in [5.41, 5.74) is 0. The Morgan fingerprint density at radius 3 is 0.817 bits per heavy atom.